The monoisotopic (exact) mass is 294 g/mol. The van der Waals surface area contributed by atoms with E-state index in [9.17, 15) is 5.11 Å². The summed E-state index contributed by atoms with van der Waals surface area (Å²) in [5.74, 6) is 0.0819. The summed E-state index contributed by atoms with van der Waals surface area (Å²) < 4.78 is 0. The van der Waals surface area contributed by atoms with E-state index in [1.165, 1.54) is 11.1 Å². The number of hydrogen-bond acceptors (Lipinski definition) is 1. The molecular formula is C16H16Cl2O. The number of aliphatic hydroxyl groups is 1. The molecule has 0 saturated carbocycles. The SMILES string of the molecule is Cc1ccccc1C(CO)Cc1ccc(Cl)c(Cl)c1. The highest BCUT2D eigenvalue weighted by Crippen LogP contribution is 2.27. The summed E-state index contributed by atoms with van der Waals surface area (Å²) in [6, 6.07) is 13.7. The van der Waals surface area contributed by atoms with Gasteiger partial charge in [0.05, 0.1) is 16.7 Å². The van der Waals surface area contributed by atoms with Gasteiger partial charge in [-0.2, -0.15) is 0 Å². The van der Waals surface area contributed by atoms with Crippen LogP contribution in [0.5, 0.6) is 0 Å². The van der Waals surface area contributed by atoms with Crippen molar-refractivity contribution in [2.45, 2.75) is 19.3 Å². The lowest BCUT2D eigenvalue weighted by atomic mass is 9.90. The number of rotatable bonds is 4. The van der Waals surface area contributed by atoms with Gasteiger partial charge < -0.3 is 5.11 Å². The number of aryl methyl sites for hydroxylation is 1. The van der Waals surface area contributed by atoms with Crippen molar-refractivity contribution in [2.75, 3.05) is 6.61 Å². The Kier molecular flexibility index (Phi) is 4.87. The Morgan fingerprint density at radius 1 is 1.05 bits per heavy atom. The minimum Gasteiger partial charge on any atom is -0.396 e. The van der Waals surface area contributed by atoms with Gasteiger partial charge in [-0.05, 0) is 42.2 Å². The predicted octanol–water partition coefficient (Wildman–Crippen LogP) is 4.62. The molecule has 0 heterocycles. The van der Waals surface area contributed by atoms with E-state index in [0.29, 0.717) is 10.0 Å². The van der Waals surface area contributed by atoms with Gasteiger partial charge in [-0.1, -0.05) is 53.5 Å². The van der Waals surface area contributed by atoms with Crippen LogP contribution in [-0.4, -0.2) is 11.7 Å². The first-order valence-corrected chi connectivity index (χ1v) is 6.97. The number of halogens is 2. The van der Waals surface area contributed by atoms with E-state index < -0.39 is 0 Å². The van der Waals surface area contributed by atoms with Crippen LogP contribution in [0.2, 0.25) is 10.0 Å². The second kappa shape index (κ2) is 6.42. The first kappa shape index (κ1) is 14.4. The van der Waals surface area contributed by atoms with Gasteiger partial charge in [0.25, 0.3) is 0 Å². The zero-order valence-corrected chi connectivity index (χ0v) is 12.2. The Morgan fingerprint density at radius 2 is 1.79 bits per heavy atom. The van der Waals surface area contributed by atoms with E-state index in [0.717, 1.165) is 12.0 Å². The molecule has 100 valence electrons. The van der Waals surface area contributed by atoms with Crippen LogP contribution in [-0.2, 0) is 6.42 Å². The third-order valence-corrected chi connectivity index (χ3v) is 4.05. The van der Waals surface area contributed by atoms with Gasteiger partial charge in [-0.25, -0.2) is 0 Å². The molecule has 0 bridgehead atoms. The maximum absolute atomic E-state index is 9.63. The fourth-order valence-corrected chi connectivity index (χ4v) is 2.59. The van der Waals surface area contributed by atoms with Crippen LogP contribution >= 0.6 is 23.2 Å². The topological polar surface area (TPSA) is 20.2 Å². The van der Waals surface area contributed by atoms with E-state index in [-0.39, 0.29) is 12.5 Å². The van der Waals surface area contributed by atoms with E-state index in [1.807, 2.05) is 24.3 Å². The first-order valence-electron chi connectivity index (χ1n) is 6.22. The molecule has 0 amide bonds. The van der Waals surface area contributed by atoms with Gasteiger partial charge in [-0.3, -0.25) is 0 Å². The Hall–Kier alpha value is -1.02. The highest BCUT2D eigenvalue weighted by Gasteiger charge is 2.14. The van der Waals surface area contributed by atoms with E-state index in [4.69, 9.17) is 23.2 Å². The third-order valence-electron chi connectivity index (χ3n) is 3.31. The Bertz CT molecular complexity index is 566. The Balaban J connectivity index is 2.24. The van der Waals surface area contributed by atoms with Crippen molar-refractivity contribution in [1.82, 2.24) is 0 Å². The molecule has 2 aromatic rings. The maximum atomic E-state index is 9.63. The van der Waals surface area contributed by atoms with Gasteiger partial charge in [0, 0.05) is 5.92 Å². The van der Waals surface area contributed by atoms with Crippen LogP contribution in [0.1, 0.15) is 22.6 Å². The van der Waals surface area contributed by atoms with Crippen molar-refractivity contribution in [2.24, 2.45) is 0 Å². The summed E-state index contributed by atoms with van der Waals surface area (Å²) in [6.45, 7) is 2.18. The molecule has 0 aliphatic heterocycles. The zero-order chi connectivity index (χ0) is 13.8. The second-order valence-corrected chi connectivity index (χ2v) is 5.50. The average Bonchev–Trinajstić information content (AvgIpc) is 2.41. The van der Waals surface area contributed by atoms with E-state index in [2.05, 4.69) is 19.1 Å². The van der Waals surface area contributed by atoms with Crippen LogP contribution < -0.4 is 0 Å². The molecule has 0 fully saturated rings. The lowest BCUT2D eigenvalue weighted by molar-refractivity contribution is 0.264. The molecule has 2 aromatic carbocycles. The number of hydrogen-bond donors (Lipinski definition) is 1. The largest absolute Gasteiger partial charge is 0.396 e. The number of aliphatic hydroxyl groups excluding tert-OH is 1. The highest BCUT2D eigenvalue weighted by atomic mass is 35.5. The van der Waals surface area contributed by atoms with Crippen LogP contribution in [0.4, 0.5) is 0 Å². The minimum atomic E-state index is 0.0819. The van der Waals surface area contributed by atoms with Crippen LogP contribution in [0.15, 0.2) is 42.5 Å². The van der Waals surface area contributed by atoms with Gasteiger partial charge in [0.2, 0.25) is 0 Å². The summed E-state index contributed by atoms with van der Waals surface area (Å²) in [7, 11) is 0. The van der Waals surface area contributed by atoms with Gasteiger partial charge in [0.1, 0.15) is 0 Å². The summed E-state index contributed by atoms with van der Waals surface area (Å²) in [4.78, 5) is 0. The molecule has 0 spiro atoms. The summed E-state index contributed by atoms with van der Waals surface area (Å²) in [6.07, 6.45) is 0.748. The third kappa shape index (κ3) is 3.50. The molecule has 0 aliphatic carbocycles. The lowest BCUT2D eigenvalue weighted by Gasteiger charge is -2.17. The van der Waals surface area contributed by atoms with Gasteiger partial charge in [-0.15, -0.1) is 0 Å². The Morgan fingerprint density at radius 3 is 2.42 bits per heavy atom. The van der Waals surface area contributed by atoms with Crippen molar-refractivity contribution in [3.8, 4) is 0 Å². The lowest BCUT2D eigenvalue weighted by Crippen LogP contribution is -2.09. The first-order chi connectivity index (χ1) is 9.11. The second-order valence-electron chi connectivity index (χ2n) is 4.69. The molecule has 1 unspecified atom stereocenters. The quantitative estimate of drug-likeness (QED) is 0.872. The smallest absolute Gasteiger partial charge is 0.0595 e. The van der Waals surface area contributed by atoms with Crippen LogP contribution in [0.3, 0.4) is 0 Å². The molecular weight excluding hydrogens is 279 g/mol. The van der Waals surface area contributed by atoms with Crippen molar-refractivity contribution in [1.29, 1.82) is 0 Å². The van der Waals surface area contributed by atoms with Crippen molar-refractivity contribution >= 4 is 23.2 Å². The van der Waals surface area contributed by atoms with Gasteiger partial charge in [0.15, 0.2) is 0 Å². The summed E-state index contributed by atoms with van der Waals surface area (Å²) >= 11 is 11.9. The molecule has 1 N–H and O–H groups in total. The molecule has 3 heteroatoms. The molecule has 2 rings (SSSR count). The average molecular weight is 295 g/mol. The molecule has 0 radical (unpaired) electrons. The van der Waals surface area contributed by atoms with E-state index in [1.54, 1.807) is 6.07 Å². The van der Waals surface area contributed by atoms with E-state index >= 15 is 0 Å². The fraction of sp³-hybridized carbons (Fsp3) is 0.250. The Labute approximate surface area is 123 Å². The van der Waals surface area contributed by atoms with Gasteiger partial charge >= 0.3 is 0 Å². The molecule has 1 atom stereocenters. The molecule has 0 saturated heterocycles. The van der Waals surface area contributed by atoms with Crippen molar-refractivity contribution < 1.29 is 5.11 Å². The fourth-order valence-electron chi connectivity index (χ4n) is 2.27. The minimum absolute atomic E-state index is 0.0819. The predicted molar refractivity (Wildman–Crippen MR) is 81.2 cm³/mol. The zero-order valence-electron chi connectivity index (χ0n) is 10.7. The molecule has 0 aromatic heterocycles. The van der Waals surface area contributed by atoms with Crippen molar-refractivity contribution in [3.05, 3.63) is 69.2 Å². The summed E-state index contributed by atoms with van der Waals surface area (Å²) in [5, 5.41) is 10.7. The highest BCUT2D eigenvalue weighted by molar-refractivity contribution is 6.42. The summed E-state index contributed by atoms with van der Waals surface area (Å²) in [5.41, 5.74) is 3.45. The maximum Gasteiger partial charge on any atom is 0.0595 e. The molecule has 0 aliphatic rings. The van der Waals surface area contributed by atoms with Crippen LogP contribution in [0.25, 0.3) is 0 Å². The van der Waals surface area contributed by atoms with Crippen molar-refractivity contribution in [3.63, 3.8) is 0 Å². The van der Waals surface area contributed by atoms with Crippen LogP contribution in [0, 0.1) is 6.92 Å². The normalized spacial score (nSPS) is 12.4. The standard InChI is InChI=1S/C16H16Cl2O/c1-11-4-2-3-5-14(11)13(10-19)8-12-6-7-15(17)16(18)9-12/h2-7,9,13,19H,8,10H2,1H3. The molecule has 1 nitrogen and oxygen atoms in total. The molecule has 19 heavy (non-hydrogen) atoms. The number of benzene rings is 2.